The molecule has 0 aliphatic carbocycles. The maximum atomic E-state index is 12.3. The van der Waals surface area contributed by atoms with Crippen LogP contribution in [-0.2, 0) is 0 Å². The number of benzene rings is 1. The number of para-hydroxylation sites is 2. The average molecular weight is 351 g/mol. The summed E-state index contributed by atoms with van der Waals surface area (Å²) in [6.07, 6.45) is 3.99. The van der Waals surface area contributed by atoms with Crippen molar-refractivity contribution in [2.45, 2.75) is 19.8 Å². The van der Waals surface area contributed by atoms with E-state index in [-0.39, 0.29) is 6.03 Å². The topological polar surface area (TPSA) is 52.9 Å². The number of aromatic nitrogens is 2. The highest BCUT2D eigenvalue weighted by atomic mass is 16.2. The van der Waals surface area contributed by atoms with Gasteiger partial charge in [-0.3, -0.25) is 0 Å². The van der Waals surface area contributed by atoms with Crippen molar-refractivity contribution in [3.8, 4) is 0 Å². The minimum Gasteiger partial charge on any atom is -0.353 e. The summed E-state index contributed by atoms with van der Waals surface area (Å²) in [5.41, 5.74) is 3.23. The van der Waals surface area contributed by atoms with E-state index in [4.69, 9.17) is 4.98 Å². The Morgan fingerprint density at radius 1 is 1.08 bits per heavy atom. The van der Waals surface area contributed by atoms with Crippen LogP contribution < -0.4 is 10.2 Å². The van der Waals surface area contributed by atoms with E-state index in [1.165, 1.54) is 0 Å². The summed E-state index contributed by atoms with van der Waals surface area (Å²) in [6.45, 7) is 6.01. The Morgan fingerprint density at radius 3 is 2.81 bits per heavy atom. The fourth-order valence-corrected chi connectivity index (χ4v) is 3.62. The third-order valence-electron chi connectivity index (χ3n) is 4.95. The van der Waals surface area contributed by atoms with Crippen molar-refractivity contribution in [2.75, 3.05) is 37.6 Å². The molecule has 3 aromatic rings. The number of carbonyl (C=O) groups excluding carboxylic acids is 1. The summed E-state index contributed by atoms with van der Waals surface area (Å²) in [5.74, 6) is 1.00. The van der Waals surface area contributed by atoms with Crippen LogP contribution in [0.2, 0.25) is 0 Å². The van der Waals surface area contributed by atoms with Gasteiger partial charge in [0.05, 0.1) is 16.6 Å². The largest absolute Gasteiger partial charge is 0.353 e. The lowest BCUT2D eigenvalue weighted by atomic mass is 10.3. The van der Waals surface area contributed by atoms with Gasteiger partial charge in [0, 0.05) is 38.9 Å². The van der Waals surface area contributed by atoms with Crippen molar-refractivity contribution < 1.29 is 4.79 Å². The molecular weight excluding hydrogens is 326 g/mol. The van der Waals surface area contributed by atoms with Gasteiger partial charge in [-0.2, -0.15) is 0 Å². The zero-order valence-electron chi connectivity index (χ0n) is 15.2. The van der Waals surface area contributed by atoms with Crippen LogP contribution in [-0.4, -0.2) is 53.0 Å². The van der Waals surface area contributed by atoms with Gasteiger partial charge in [-0.15, -0.1) is 0 Å². The predicted molar refractivity (Wildman–Crippen MR) is 105 cm³/mol. The standard InChI is InChI=1S/C20H25N5O/c1-2-10-21-20(26)24-12-6-11-23(14-15-24)19-18-9-5-13-25(18)17-8-4-3-7-16(17)22-19/h3-5,7-9,13H,2,6,10-12,14-15H2,1H3,(H,21,26). The number of anilines is 1. The van der Waals surface area contributed by atoms with Crippen molar-refractivity contribution in [3.63, 3.8) is 0 Å². The molecule has 1 saturated heterocycles. The number of nitrogens with one attached hydrogen (secondary N) is 1. The number of fused-ring (bicyclic) bond motifs is 3. The van der Waals surface area contributed by atoms with Crippen molar-refractivity contribution in [2.24, 2.45) is 0 Å². The van der Waals surface area contributed by atoms with Crippen molar-refractivity contribution in [1.29, 1.82) is 0 Å². The van der Waals surface area contributed by atoms with E-state index in [0.717, 1.165) is 67.9 Å². The molecule has 0 spiro atoms. The summed E-state index contributed by atoms with van der Waals surface area (Å²) in [6, 6.07) is 12.5. The molecule has 0 unspecified atom stereocenters. The zero-order valence-corrected chi connectivity index (χ0v) is 15.2. The number of hydrogen-bond acceptors (Lipinski definition) is 3. The molecule has 0 saturated carbocycles. The highest BCUT2D eigenvalue weighted by molar-refractivity contribution is 5.85. The first kappa shape index (κ1) is 16.7. The quantitative estimate of drug-likeness (QED) is 0.789. The van der Waals surface area contributed by atoms with E-state index < -0.39 is 0 Å². The van der Waals surface area contributed by atoms with E-state index in [2.05, 4.69) is 52.0 Å². The van der Waals surface area contributed by atoms with Crippen LogP contribution >= 0.6 is 0 Å². The van der Waals surface area contributed by atoms with E-state index in [1.54, 1.807) is 0 Å². The molecule has 3 heterocycles. The highest BCUT2D eigenvalue weighted by Crippen LogP contribution is 2.26. The minimum absolute atomic E-state index is 0.0491. The van der Waals surface area contributed by atoms with Crippen LogP contribution in [0.1, 0.15) is 19.8 Å². The molecule has 1 aromatic carbocycles. The van der Waals surface area contributed by atoms with Crippen LogP contribution in [0.4, 0.5) is 10.6 Å². The van der Waals surface area contributed by atoms with Gasteiger partial charge in [-0.1, -0.05) is 19.1 Å². The van der Waals surface area contributed by atoms with Gasteiger partial charge in [0.25, 0.3) is 0 Å². The molecule has 0 atom stereocenters. The molecule has 1 N–H and O–H groups in total. The Morgan fingerprint density at radius 2 is 1.92 bits per heavy atom. The molecule has 2 aromatic heterocycles. The number of hydrogen-bond donors (Lipinski definition) is 1. The summed E-state index contributed by atoms with van der Waals surface area (Å²) in [5, 5.41) is 2.98. The van der Waals surface area contributed by atoms with Gasteiger partial charge < -0.3 is 19.5 Å². The van der Waals surface area contributed by atoms with Crippen LogP contribution in [0, 0.1) is 0 Å². The normalized spacial score (nSPS) is 15.4. The van der Waals surface area contributed by atoms with Gasteiger partial charge >= 0.3 is 6.03 Å². The Kier molecular flexibility index (Phi) is 4.65. The number of urea groups is 1. The van der Waals surface area contributed by atoms with Gasteiger partial charge in [0.2, 0.25) is 0 Å². The Labute approximate surface area is 153 Å². The van der Waals surface area contributed by atoms with Crippen LogP contribution in [0.3, 0.4) is 0 Å². The van der Waals surface area contributed by atoms with E-state index in [0.29, 0.717) is 0 Å². The second kappa shape index (κ2) is 7.23. The van der Waals surface area contributed by atoms with Gasteiger partial charge in [0.15, 0.2) is 5.82 Å². The van der Waals surface area contributed by atoms with E-state index in [9.17, 15) is 4.79 Å². The van der Waals surface area contributed by atoms with Gasteiger partial charge in [-0.05, 0) is 37.1 Å². The highest BCUT2D eigenvalue weighted by Gasteiger charge is 2.21. The predicted octanol–water partition coefficient (Wildman–Crippen LogP) is 3.12. The summed E-state index contributed by atoms with van der Waals surface area (Å²) >= 11 is 0. The SMILES string of the molecule is CCCNC(=O)N1CCCN(c2nc3ccccc3n3cccc23)CC1. The minimum atomic E-state index is 0.0491. The molecule has 1 aliphatic heterocycles. The summed E-state index contributed by atoms with van der Waals surface area (Å²) < 4.78 is 2.20. The zero-order chi connectivity index (χ0) is 17.9. The van der Waals surface area contributed by atoms with Gasteiger partial charge in [-0.25, -0.2) is 9.78 Å². The van der Waals surface area contributed by atoms with Crippen molar-refractivity contribution >= 4 is 28.4 Å². The van der Waals surface area contributed by atoms with Crippen LogP contribution in [0.15, 0.2) is 42.6 Å². The lowest BCUT2D eigenvalue weighted by Crippen LogP contribution is -2.42. The fourth-order valence-electron chi connectivity index (χ4n) is 3.62. The van der Waals surface area contributed by atoms with Crippen LogP contribution in [0.25, 0.3) is 16.6 Å². The van der Waals surface area contributed by atoms with Gasteiger partial charge in [0.1, 0.15) is 0 Å². The Balaban J connectivity index is 1.61. The maximum absolute atomic E-state index is 12.3. The molecule has 0 bridgehead atoms. The maximum Gasteiger partial charge on any atom is 0.317 e. The lowest BCUT2D eigenvalue weighted by molar-refractivity contribution is 0.201. The molecule has 1 fully saturated rings. The molecule has 6 heteroatoms. The van der Waals surface area contributed by atoms with E-state index >= 15 is 0 Å². The molecule has 136 valence electrons. The third-order valence-corrected chi connectivity index (χ3v) is 4.95. The monoisotopic (exact) mass is 351 g/mol. The van der Waals surface area contributed by atoms with E-state index in [1.807, 2.05) is 17.0 Å². The molecule has 0 radical (unpaired) electrons. The number of amides is 2. The molecular formula is C20H25N5O. The van der Waals surface area contributed by atoms with Crippen molar-refractivity contribution in [1.82, 2.24) is 19.6 Å². The first-order chi connectivity index (χ1) is 12.8. The molecule has 1 aliphatic rings. The third kappa shape index (κ3) is 3.07. The first-order valence-electron chi connectivity index (χ1n) is 9.41. The number of carbonyl (C=O) groups is 1. The molecule has 4 rings (SSSR count). The molecule has 26 heavy (non-hydrogen) atoms. The number of nitrogens with zero attached hydrogens (tertiary/aromatic N) is 4. The van der Waals surface area contributed by atoms with Crippen LogP contribution in [0.5, 0.6) is 0 Å². The fraction of sp³-hybridized carbons (Fsp3) is 0.400. The summed E-state index contributed by atoms with van der Waals surface area (Å²) in [7, 11) is 0. The smallest absolute Gasteiger partial charge is 0.317 e. The molecule has 6 nitrogen and oxygen atoms in total. The Hall–Kier alpha value is -2.76. The number of rotatable bonds is 3. The Bertz CT molecular complexity index is 919. The molecule has 2 amide bonds. The second-order valence-electron chi connectivity index (χ2n) is 6.75. The first-order valence-corrected chi connectivity index (χ1v) is 9.41. The average Bonchev–Trinajstić information content (AvgIpc) is 3.04. The lowest BCUT2D eigenvalue weighted by Gasteiger charge is -2.24. The van der Waals surface area contributed by atoms with Crippen molar-refractivity contribution in [3.05, 3.63) is 42.6 Å². The summed E-state index contributed by atoms with van der Waals surface area (Å²) in [4.78, 5) is 21.5. The second-order valence-corrected chi connectivity index (χ2v) is 6.75.